The van der Waals surface area contributed by atoms with E-state index in [1.54, 1.807) is 20.6 Å². The third-order valence-electron chi connectivity index (χ3n) is 6.61. The number of thiophene rings is 1. The molecule has 0 radical (unpaired) electrons. The van der Waals surface area contributed by atoms with E-state index in [0.717, 1.165) is 50.1 Å². The van der Waals surface area contributed by atoms with Gasteiger partial charge in [0.15, 0.2) is 5.52 Å². The number of hydrogen-bond donors (Lipinski definition) is 0. The molecule has 0 bridgehead atoms. The summed E-state index contributed by atoms with van der Waals surface area (Å²) in [6.07, 6.45) is 1.50. The molecular weight excluding hydrogens is 516 g/mol. The molecule has 8 nitrogen and oxygen atoms in total. The second kappa shape index (κ2) is 10.0. The Labute approximate surface area is 235 Å². The predicted molar refractivity (Wildman–Crippen MR) is 160 cm³/mol. The quantitative estimate of drug-likeness (QED) is 0.209. The van der Waals surface area contributed by atoms with Crippen LogP contribution < -0.4 is 4.90 Å². The van der Waals surface area contributed by atoms with Crippen LogP contribution in [0.15, 0.2) is 103 Å². The van der Waals surface area contributed by atoms with E-state index in [-0.39, 0.29) is 0 Å². The van der Waals surface area contributed by atoms with Crippen molar-refractivity contribution in [2.24, 2.45) is 5.92 Å². The minimum atomic E-state index is 0.417. The molecular formula is C31H26N8S. The molecule has 0 atom stereocenters. The van der Waals surface area contributed by atoms with Gasteiger partial charge in [0.2, 0.25) is 5.65 Å². The van der Waals surface area contributed by atoms with Crippen molar-refractivity contribution >= 4 is 45.3 Å². The summed E-state index contributed by atoms with van der Waals surface area (Å²) in [5.74, 6) is 0.931. The van der Waals surface area contributed by atoms with Crippen LogP contribution in [0.5, 0.6) is 0 Å². The second-order valence-electron chi connectivity index (χ2n) is 9.97. The fourth-order valence-corrected chi connectivity index (χ4v) is 5.83. The zero-order valence-electron chi connectivity index (χ0n) is 22.1. The number of rotatable bonds is 7. The summed E-state index contributed by atoms with van der Waals surface area (Å²) in [6.45, 7) is 5.01. The number of nitrogens with zero attached hydrogens (tertiary/aromatic N) is 8. The Kier molecular flexibility index (Phi) is 6.05. The topological polar surface area (TPSA) is 77.0 Å². The van der Waals surface area contributed by atoms with E-state index < -0.39 is 0 Å². The first-order valence-corrected chi connectivity index (χ1v) is 14.0. The lowest BCUT2D eigenvalue weighted by atomic mass is 10.1. The lowest BCUT2D eigenvalue weighted by molar-refractivity contribution is 0.441. The number of anilines is 3. The van der Waals surface area contributed by atoms with Gasteiger partial charge in [-0.1, -0.05) is 62.4 Å². The molecule has 0 spiro atoms. The minimum absolute atomic E-state index is 0.417. The summed E-state index contributed by atoms with van der Waals surface area (Å²) in [6, 6.07) is 33.8. The Hall–Kier alpha value is -4.89. The largest absolute Gasteiger partial charge is 0.311 e. The predicted octanol–water partition coefficient (Wildman–Crippen LogP) is 7.39. The molecule has 0 saturated heterocycles. The maximum atomic E-state index is 4.81. The summed E-state index contributed by atoms with van der Waals surface area (Å²) in [5, 5.41) is 13.8. The van der Waals surface area contributed by atoms with E-state index >= 15 is 0 Å². The summed E-state index contributed by atoms with van der Waals surface area (Å²) in [4.78, 5) is 15.3. The summed E-state index contributed by atoms with van der Waals surface area (Å²) in [7, 11) is 0. The minimum Gasteiger partial charge on any atom is -0.311 e. The molecule has 40 heavy (non-hydrogen) atoms. The summed E-state index contributed by atoms with van der Waals surface area (Å²) in [5.41, 5.74) is 6.64. The lowest BCUT2D eigenvalue weighted by Gasteiger charge is -2.25. The van der Waals surface area contributed by atoms with Crippen LogP contribution in [-0.4, -0.2) is 34.6 Å². The Morgan fingerprint density at radius 3 is 2.08 bits per heavy atom. The first-order valence-electron chi connectivity index (χ1n) is 13.2. The molecule has 3 aromatic carbocycles. The highest BCUT2D eigenvalue weighted by Crippen LogP contribution is 2.39. The normalized spacial score (nSPS) is 11.6. The Bertz CT molecular complexity index is 1860. The maximum Gasteiger partial charge on any atom is 0.254 e. The Balaban J connectivity index is 1.25. The van der Waals surface area contributed by atoms with Crippen molar-refractivity contribution in [3.8, 4) is 21.0 Å². The molecule has 7 rings (SSSR count). The molecule has 7 aromatic rings. The smallest absolute Gasteiger partial charge is 0.254 e. The number of para-hydroxylation sites is 2. The van der Waals surface area contributed by atoms with Gasteiger partial charge in [0.25, 0.3) is 5.78 Å². The Morgan fingerprint density at radius 2 is 1.40 bits per heavy atom. The number of fused-ring (bicyclic) bond motifs is 3. The molecule has 0 aliphatic carbocycles. The van der Waals surface area contributed by atoms with Crippen LogP contribution >= 0.6 is 11.3 Å². The van der Waals surface area contributed by atoms with Gasteiger partial charge >= 0.3 is 0 Å². The monoisotopic (exact) mass is 542 g/mol. The second-order valence-corrected chi connectivity index (χ2v) is 11.1. The molecule has 0 aliphatic rings. The van der Waals surface area contributed by atoms with Gasteiger partial charge < -0.3 is 4.90 Å². The van der Waals surface area contributed by atoms with Gasteiger partial charge in [-0.05, 0) is 60.0 Å². The maximum absolute atomic E-state index is 4.81. The van der Waals surface area contributed by atoms with Crippen molar-refractivity contribution in [1.29, 1.82) is 0 Å². The van der Waals surface area contributed by atoms with E-state index in [4.69, 9.17) is 15.2 Å². The van der Waals surface area contributed by atoms with Crippen molar-refractivity contribution in [3.63, 3.8) is 0 Å². The first-order chi connectivity index (χ1) is 19.6. The van der Waals surface area contributed by atoms with Crippen LogP contribution in [0.3, 0.4) is 0 Å². The average Bonchev–Trinajstić information content (AvgIpc) is 3.74. The number of benzene rings is 3. The van der Waals surface area contributed by atoms with E-state index in [1.165, 1.54) is 6.33 Å². The molecule has 0 saturated carbocycles. The third-order valence-corrected chi connectivity index (χ3v) is 7.75. The van der Waals surface area contributed by atoms with Gasteiger partial charge in [0, 0.05) is 21.9 Å². The van der Waals surface area contributed by atoms with Crippen molar-refractivity contribution in [2.45, 2.75) is 20.4 Å². The molecule has 4 heterocycles. The van der Waals surface area contributed by atoms with Crippen LogP contribution in [0.1, 0.15) is 13.8 Å². The van der Waals surface area contributed by atoms with Gasteiger partial charge in [0.05, 0.1) is 11.4 Å². The third kappa shape index (κ3) is 4.40. The van der Waals surface area contributed by atoms with Gasteiger partial charge in [0.1, 0.15) is 12.0 Å². The summed E-state index contributed by atoms with van der Waals surface area (Å²) < 4.78 is 1.65. The van der Waals surface area contributed by atoms with Crippen molar-refractivity contribution in [1.82, 2.24) is 34.6 Å². The van der Waals surface area contributed by atoms with Gasteiger partial charge in [-0.2, -0.15) is 19.4 Å². The molecule has 0 unspecified atom stereocenters. The molecule has 0 fully saturated rings. The number of aromatic nitrogens is 7. The van der Waals surface area contributed by atoms with Gasteiger partial charge in [-0.3, -0.25) is 0 Å². The molecule has 0 aliphatic heterocycles. The van der Waals surface area contributed by atoms with Crippen LogP contribution in [0, 0.1) is 5.92 Å². The van der Waals surface area contributed by atoms with E-state index in [9.17, 15) is 0 Å². The van der Waals surface area contributed by atoms with E-state index in [2.05, 4.69) is 114 Å². The number of hydrogen-bond acceptors (Lipinski definition) is 7. The standard InChI is InChI=1S/C31H26N8S/c1-21(2)19-37-35-29-28(34-31-32-20-33-39(31)30(29)36-37)27-18-17-26(40-27)22-13-15-25(16-14-22)38(23-9-5-3-6-10-23)24-11-7-4-8-12-24/h3-18,20-21H,19H2,1-2H3. The van der Waals surface area contributed by atoms with Crippen molar-refractivity contribution in [2.75, 3.05) is 4.90 Å². The van der Waals surface area contributed by atoms with Crippen molar-refractivity contribution in [3.05, 3.63) is 103 Å². The zero-order chi connectivity index (χ0) is 27.1. The highest BCUT2D eigenvalue weighted by molar-refractivity contribution is 7.18. The average molecular weight is 543 g/mol. The molecule has 0 amide bonds. The SMILES string of the molecule is CC(C)Cn1nc2c(-c3ccc(-c4ccc(N(c5ccccc5)c5ccccc5)cc4)s3)nc3ncnn3c2n1. The van der Waals surface area contributed by atoms with Crippen LogP contribution in [0.4, 0.5) is 17.1 Å². The van der Waals surface area contributed by atoms with E-state index in [1.807, 2.05) is 12.1 Å². The molecule has 9 heteroatoms. The van der Waals surface area contributed by atoms with E-state index in [0.29, 0.717) is 17.3 Å². The van der Waals surface area contributed by atoms with Gasteiger partial charge in [-0.15, -0.1) is 21.5 Å². The first kappa shape index (κ1) is 24.2. The molecule has 196 valence electrons. The highest BCUT2D eigenvalue weighted by atomic mass is 32.1. The zero-order valence-corrected chi connectivity index (χ0v) is 22.9. The highest BCUT2D eigenvalue weighted by Gasteiger charge is 2.19. The Morgan fingerprint density at radius 1 is 0.750 bits per heavy atom. The molecule has 4 aromatic heterocycles. The lowest BCUT2D eigenvalue weighted by Crippen LogP contribution is -2.09. The van der Waals surface area contributed by atoms with Crippen LogP contribution in [0.25, 0.3) is 38.0 Å². The van der Waals surface area contributed by atoms with Crippen molar-refractivity contribution < 1.29 is 0 Å². The van der Waals surface area contributed by atoms with Crippen LogP contribution in [0.2, 0.25) is 0 Å². The molecule has 0 N–H and O–H groups in total. The van der Waals surface area contributed by atoms with Gasteiger partial charge in [-0.25, -0.2) is 4.98 Å². The summed E-state index contributed by atoms with van der Waals surface area (Å²) >= 11 is 1.68. The fraction of sp³-hybridized carbons (Fsp3) is 0.129. The van der Waals surface area contributed by atoms with Crippen LogP contribution in [-0.2, 0) is 6.54 Å². The fourth-order valence-electron chi connectivity index (χ4n) is 4.83.